The van der Waals surface area contributed by atoms with E-state index < -0.39 is 0 Å². The monoisotopic (exact) mass is 360 g/mol. The van der Waals surface area contributed by atoms with Crippen LogP contribution in [0.5, 0.6) is 11.5 Å². The summed E-state index contributed by atoms with van der Waals surface area (Å²) in [6, 6.07) is 17.1. The number of ketones is 1. The van der Waals surface area contributed by atoms with E-state index in [4.69, 9.17) is 9.15 Å². The Morgan fingerprint density at radius 3 is 2.44 bits per heavy atom. The molecule has 3 aromatic carbocycles. The van der Waals surface area contributed by atoms with Gasteiger partial charge in [-0.3, -0.25) is 4.79 Å². The molecule has 4 heteroatoms. The van der Waals surface area contributed by atoms with Crippen LogP contribution in [0.3, 0.4) is 0 Å². The van der Waals surface area contributed by atoms with Gasteiger partial charge in [-0.05, 0) is 29.3 Å². The Morgan fingerprint density at radius 2 is 1.78 bits per heavy atom. The van der Waals surface area contributed by atoms with Crippen molar-refractivity contribution in [2.45, 2.75) is 13.8 Å². The van der Waals surface area contributed by atoms with Crippen LogP contribution in [0.15, 0.2) is 59.0 Å². The number of phenols is 1. The molecule has 0 radical (unpaired) electrons. The minimum absolute atomic E-state index is 0.123. The smallest absolute Gasteiger partial charge is 0.178 e. The molecule has 4 rings (SSSR count). The first kappa shape index (κ1) is 17.2. The zero-order valence-corrected chi connectivity index (χ0v) is 15.4. The van der Waals surface area contributed by atoms with Gasteiger partial charge in [0.2, 0.25) is 0 Å². The zero-order chi connectivity index (χ0) is 19.1. The lowest BCUT2D eigenvalue weighted by molar-refractivity contribution is 0.0937. The summed E-state index contributed by atoms with van der Waals surface area (Å²) in [6.45, 7) is 3.63. The van der Waals surface area contributed by atoms with E-state index >= 15 is 0 Å². The van der Waals surface area contributed by atoms with Gasteiger partial charge in [-0.25, -0.2) is 0 Å². The number of carbonyl (C=O) groups is 1. The molecule has 0 unspecified atom stereocenters. The van der Waals surface area contributed by atoms with E-state index in [2.05, 4.69) is 0 Å². The highest BCUT2D eigenvalue weighted by atomic mass is 16.5. The van der Waals surface area contributed by atoms with E-state index in [0.29, 0.717) is 16.9 Å². The van der Waals surface area contributed by atoms with Crippen molar-refractivity contribution >= 4 is 27.7 Å². The first-order valence-corrected chi connectivity index (χ1v) is 8.87. The van der Waals surface area contributed by atoms with Gasteiger partial charge >= 0.3 is 0 Å². The molecule has 0 aliphatic carbocycles. The van der Waals surface area contributed by atoms with Crippen molar-refractivity contribution in [2.24, 2.45) is 5.92 Å². The van der Waals surface area contributed by atoms with Crippen molar-refractivity contribution in [3.63, 3.8) is 0 Å². The van der Waals surface area contributed by atoms with E-state index in [1.54, 1.807) is 13.2 Å². The number of phenolic OH excluding ortho intramolecular Hbond substituents is 1. The van der Waals surface area contributed by atoms with Crippen LogP contribution in [-0.2, 0) is 0 Å². The molecular formula is C23H20O4. The van der Waals surface area contributed by atoms with Crippen molar-refractivity contribution < 1.29 is 19.1 Å². The molecule has 136 valence electrons. The average Bonchev–Trinajstić information content (AvgIpc) is 3.09. The molecule has 4 nitrogen and oxygen atoms in total. The van der Waals surface area contributed by atoms with E-state index in [1.165, 1.54) is 0 Å². The highest BCUT2D eigenvalue weighted by Gasteiger charge is 2.25. The van der Waals surface area contributed by atoms with Crippen molar-refractivity contribution in [1.82, 2.24) is 0 Å². The molecular weight excluding hydrogens is 340 g/mol. The fourth-order valence-corrected chi connectivity index (χ4v) is 3.46. The topological polar surface area (TPSA) is 59.7 Å². The van der Waals surface area contributed by atoms with Gasteiger partial charge in [0.05, 0.1) is 18.1 Å². The molecule has 0 amide bonds. The Hall–Kier alpha value is -3.27. The number of ether oxygens (including phenoxy) is 1. The molecule has 27 heavy (non-hydrogen) atoms. The summed E-state index contributed by atoms with van der Waals surface area (Å²) >= 11 is 0. The molecule has 0 bridgehead atoms. The van der Waals surface area contributed by atoms with Crippen molar-refractivity contribution in [3.05, 3.63) is 60.2 Å². The standard InChI is InChI=1S/C23H20O4/c1-13(2)21(24)16-12-15(14-8-5-4-6-9-14)19-20-17(26-3)10-7-11-18(20)27-23(19)22(16)25/h4-13,25H,1-3H3. The average molecular weight is 360 g/mol. The third kappa shape index (κ3) is 2.65. The molecule has 1 heterocycles. The lowest BCUT2D eigenvalue weighted by atomic mass is 9.92. The highest BCUT2D eigenvalue weighted by Crippen LogP contribution is 2.46. The van der Waals surface area contributed by atoms with Crippen LogP contribution in [0, 0.1) is 5.92 Å². The van der Waals surface area contributed by atoms with Gasteiger partial charge in [-0.1, -0.05) is 50.2 Å². The quantitative estimate of drug-likeness (QED) is 0.467. The summed E-state index contributed by atoms with van der Waals surface area (Å²) in [4.78, 5) is 12.7. The van der Waals surface area contributed by atoms with Crippen LogP contribution in [0.25, 0.3) is 33.1 Å². The number of carbonyl (C=O) groups excluding carboxylic acids is 1. The minimum atomic E-state index is -0.240. The fourth-order valence-electron chi connectivity index (χ4n) is 3.46. The van der Waals surface area contributed by atoms with Gasteiger partial charge in [0.25, 0.3) is 0 Å². The summed E-state index contributed by atoms with van der Waals surface area (Å²) in [5, 5.41) is 12.4. The highest BCUT2D eigenvalue weighted by molar-refractivity contribution is 6.19. The lowest BCUT2D eigenvalue weighted by Crippen LogP contribution is -2.08. The Bertz CT molecular complexity index is 1150. The van der Waals surface area contributed by atoms with Gasteiger partial charge < -0.3 is 14.3 Å². The third-order valence-electron chi connectivity index (χ3n) is 4.80. The number of methoxy groups -OCH3 is 1. The first-order chi connectivity index (χ1) is 13.0. The number of hydrogen-bond donors (Lipinski definition) is 1. The predicted octanol–water partition coefficient (Wildman–Crippen LogP) is 5.81. The van der Waals surface area contributed by atoms with Gasteiger partial charge in [-0.15, -0.1) is 0 Å². The number of benzene rings is 3. The van der Waals surface area contributed by atoms with Crippen molar-refractivity contribution in [3.8, 4) is 22.6 Å². The lowest BCUT2D eigenvalue weighted by Gasteiger charge is -2.12. The van der Waals surface area contributed by atoms with E-state index in [-0.39, 0.29) is 23.0 Å². The number of fused-ring (bicyclic) bond motifs is 3. The van der Waals surface area contributed by atoms with Crippen LogP contribution in [0.2, 0.25) is 0 Å². The molecule has 4 aromatic rings. The Kier molecular flexibility index (Phi) is 4.11. The number of rotatable bonds is 4. The maximum atomic E-state index is 12.7. The molecule has 0 saturated heterocycles. The van der Waals surface area contributed by atoms with Crippen LogP contribution >= 0.6 is 0 Å². The van der Waals surface area contributed by atoms with Gasteiger partial charge in [-0.2, -0.15) is 0 Å². The maximum absolute atomic E-state index is 12.7. The Morgan fingerprint density at radius 1 is 1.04 bits per heavy atom. The summed E-state index contributed by atoms with van der Waals surface area (Å²) in [5.41, 5.74) is 2.95. The second-order valence-corrected chi connectivity index (χ2v) is 6.84. The number of aromatic hydroxyl groups is 1. The zero-order valence-electron chi connectivity index (χ0n) is 15.4. The summed E-state index contributed by atoms with van der Waals surface area (Å²) in [6.07, 6.45) is 0. The van der Waals surface area contributed by atoms with Gasteiger partial charge in [0.15, 0.2) is 17.1 Å². The molecule has 0 aliphatic heterocycles. The molecule has 0 spiro atoms. The van der Waals surface area contributed by atoms with Crippen LogP contribution in [0.4, 0.5) is 0 Å². The van der Waals surface area contributed by atoms with Crippen LogP contribution < -0.4 is 4.74 Å². The predicted molar refractivity (Wildman–Crippen MR) is 107 cm³/mol. The first-order valence-electron chi connectivity index (χ1n) is 8.87. The number of furan rings is 1. The van der Waals surface area contributed by atoms with Gasteiger partial charge in [0.1, 0.15) is 11.3 Å². The van der Waals surface area contributed by atoms with Crippen LogP contribution in [0.1, 0.15) is 24.2 Å². The van der Waals surface area contributed by atoms with E-state index in [1.807, 2.05) is 62.4 Å². The summed E-state index contributed by atoms with van der Waals surface area (Å²) in [5.74, 6) is 0.169. The summed E-state index contributed by atoms with van der Waals surface area (Å²) < 4.78 is 11.5. The number of hydrogen-bond acceptors (Lipinski definition) is 4. The fraction of sp³-hybridized carbons (Fsp3) is 0.174. The number of Topliss-reactive ketones (excluding diaryl/α,β-unsaturated/α-hetero) is 1. The van der Waals surface area contributed by atoms with Crippen molar-refractivity contribution in [2.75, 3.05) is 7.11 Å². The molecule has 0 aliphatic rings. The molecule has 0 saturated carbocycles. The van der Waals surface area contributed by atoms with E-state index in [9.17, 15) is 9.90 Å². The Labute approximate surface area is 157 Å². The SMILES string of the molecule is COc1cccc2oc3c(O)c(C(=O)C(C)C)cc(-c4ccccc4)c3c12. The second-order valence-electron chi connectivity index (χ2n) is 6.84. The molecule has 1 aromatic heterocycles. The second kappa shape index (κ2) is 6.47. The van der Waals surface area contributed by atoms with Gasteiger partial charge in [0, 0.05) is 11.3 Å². The Balaban J connectivity index is 2.20. The molecule has 0 fully saturated rings. The van der Waals surface area contributed by atoms with Crippen LogP contribution in [-0.4, -0.2) is 18.0 Å². The normalized spacial score (nSPS) is 11.4. The van der Waals surface area contributed by atoms with E-state index in [0.717, 1.165) is 21.9 Å². The molecule has 0 atom stereocenters. The minimum Gasteiger partial charge on any atom is -0.504 e. The molecule has 1 N–H and O–H groups in total. The largest absolute Gasteiger partial charge is 0.504 e. The third-order valence-corrected chi connectivity index (χ3v) is 4.80. The van der Waals surface area contributed by atoms with Crippen molar-refractivity contribution in [1.29, 1.82) is 0 Å². The summed E-state index contributed by atoms with van der Waals surface area (Å²) in [7, 11) is 1.60. The maximum Gasteiger partial charge on any atom is 0.178 e.